The minimum atomic E-state index is -0.925. The number of nitrogens with zero attached hydrogens (tertiary/aromatic N) is 1. The molecule has 0 bridgehead atoms. The van der Waals surface area contributed by atoms with Crippen LogP contribution in [0.4, 0.5) is 8.78 Å². The Kier molecular flexibility index (Phi) is 3.55. The van der Waals surface area contributed by atoms with Crippen molar-refractivity contribution in [3.05, 3.63) is 69.6 Å². The first-order chi connectivity index (χ1) is 8.99. The molecule has 0 radical (unpaired) electrons. The Bertz CT molecular complexity index is 692. The van der Waals surface area contributed by atoms with Gasteiger partial charge in [-0.15, -0.1) is 0 Å². The van der Waals surface area contributed by atoms with Crippen LogP contribution in [0.3, 0.4) is 0 Å². The van der Waals surface area contributed by atoms with E-state index >= 15 is 0 Å². The summed E-state index contributed by atoms with van der Waals surface area (Å²) in [4.78, 5) is 23.6. The third kappa shape index (κ3) is 2.76. The SMILES string of the molecule is Cc1cccn(CC(=O)c2ccc(F)cc2F)c1=O. The molecule has 0 atom stereocenters. The lowest BCUT2D eigenvalue weighted by atomic mass is 10.1. The second kappa shape index (κ2) is 5.14. The fourth-order valence-corrected chi connectivity index (χ4v) is 1.74. The van der Waals surface area contributed by atoms with Gasteiger partial charge in [-0.2, -0.15) is 0 Å². The molecule has 1 heterocycles. The average molecular weight is 263 g/mol. The Labute approximate surface area is 108 Å². The van der Waals surface area contributed by atoms with Gasteiger partial charge in [0.15, 0.2) is 5.78 Å². The Morgan fingerprint density at radius 2 is 2.00 bits per heavy atom. The third-order valence-electron chi connectivity index (χ3n) is 2.76. The van der Waals surface area contributed by atoms with Crippen molar-refractivity contribution >= 4 is 5.78 Å². The first kappa shape index (κ1) is 13.1. The number of benzene rings is 1. The van der Waals surface area contributed by atoms with Crippen molar-refractivity contribution in [3.63, 3.8) is 0 Å². The zero-order valence-electron chi connectivity index (χ0n) is 10.2. The van der Waals surface area contributed by atoms with E-state index in [2.05, 4.69) is 0 Å². The number of aromatic nitrogens is 1. The van der Waals surface area contributed by atoms with Gasteiger partial charge in [-0.3, -0.25) is 9.59 Å². The van der Waals surface area contributed by atoms with Crippen LogP contribution in [0.2, 0.25) is 0 Å². The molecule has 2 aromatic rings. The molecule has 0 spiro atoms. The highest BCUT2D eigenvalue weighted by molar-refractivity contribution is 5.96. The first-order valence-electron chi connectivity index (χ1n) is 5.63. The van der Waals surface area contributed by atoms with Gasteiger partial charge in [0.2, 0.25) is 0 Å². The maximum Gasteiger partial charge on any atom is 0.253 e. The van der Waals surface area contributed by atoms with E-state index in [0.29, 0.717) is 11.6 Å². The van der Waals surface area contributed by atoms with Crippen LogP contribution < -0.4 is 5.56 Å². The molecule has 5 heteroatoms. The topological polar surface area (TPSA) is 39.1 Å². The lowest BCUT2D eigenvalue weighted by molar-refractivity contribution is 0.0967. The molecule has 0 aliphatic carbocycles. The first-order valence-corrected chi connectivity index (χ1v) is 5.63. The number of hydrogen-bond acceptors (Lipinski definition) is 2. The summed E-state index contributed by atoms with van der Waals surface area (Å²) in [7, 11) is 0. The van der Waals surface area contributed by atoms with Crippen LogP contribution in [-0.2, 0) is 6.54 Å². The summed E-state index contributed by atoms with van der Waals surface area (Å²) < 4.78 is 27.4. The van der Waals surface area contributed by atoms with Crippen molar-refractivity contribution in [2.75, 3.05) is 0 Å². The summed E-state index contributed by atoms with van der Waals surface area (Å²) in [5.41, 5.74) is -0.0388. The Morgan fingerprint density at radius 3 is 2.68 bits per heavy atom. The summed E-state index contributed by atoms with van der Waals surface area (Å²) >= 11 is 0. The maximum absolute atomic E-state index is 13.4. The number of aryl methyl sites for hydroxylation is 1. The number of rotatable bonds is 3. The Hall–Kier alpha value is -2.30. The van der Waals surface area contributed by atoms with E-state index in [1.54, 1.807) is 19.1 Å². The molecule has 3 nitrogen and oxygen atoms in total. The van der Waals surface area contributed by atoms with Crippen LogP contribution in [0.25, 0.3) is 0 Å². The number of ketones is 1. The molecule has 0 unspecified atom stereocenters. The molecule has 0 aliphatic rings. The highest BCUT2D eigenvalue weighted by Gasteiger charge is 2.13. The largest absolute Gasteiger partial charge is 0.308 e. The van der Waals surface area contributed by atoms with Crippen molar-refractivity contribution in [2.45, 2.75) is 13.5 Å². The molecule has 1 aromatic heterocycles. The molecule has 1 aromatic carbocycles. The van der Waals surface area contributed by atoms with Crippen molar-refractivity contribution in [1.29, 1.82) is 0 Å². The summed E-state index contributed by atoms with van der Waals surface area (Å²) in [6.07, 6.45) is 1.45. The minimum Gasteiger partial charge on any atom is -0.308 e. The normalized spacial score (nSPS) is 10.5. The zero-order valence-corrected chi connectivity index (χ0v) is 10.2. The van der Waals surface area contributed by atoms with Crippen molar-refractivity contribution in [3.8, 4) is 0 Å². The van der Waals surface area contributed by atoms with Crippen LogP contribution in [0, 0.1) is 18.6 Å². The van der Waals surface area contributed by atoms with Crippen molar-refractivity contribution < 1.29 is 13.6 Å². The molecule has 19 heavy (non-hydrogen) atoms. The monoisotopic (exact) mass is 263 g/mol. The molecule has 0 saturated heterocycles. The molecule has 2 rings (SSSR count). The van der Waals surface area contributed by atoms with Gasteiger partial charge >= 0.3 is 0 Å². The van der Waals surface area contributed by atoms with Crippen LogP contribution in [0.1, 0.15) is 15.9 Å². The number of carbonyl (C=O) groups is 1. The van der Waals surface area contributed by atoms with E-state index in [4.69, 9.17) is 0 Å². The quantitative estimate of drug-likeness (QED) is 0.797. The molecule has 0 N–H and O–H groups in total. The molecule has 98 valence electrons. The number of carbonyl (C=O) groups excluding carboxylic acids is 1. The molecular formula is C14H11F2NO2. The average Bonchev–Trinajstić information content (AvgIpc) is 2.34. The summed E-state index contributed by atoms with van der Waals surface area (Å²) in [5.74, 6) is -2.25. The van der Waals surface area contributed by atoms with Gasteiger partial charge in [0.05, 0.1) is 12.1 Å². The van der Waals surface area contributed by atoms with E-state index in [-0.39, 0.29) is 17.7 Å². The minimum absolute atomic E-state index is 0.227. The standard InChI is InChI=1S/C14H11F2NO2/c1-9-3-2-6-17(14(9)19)8-13(18)11-5-4-10(15)7-12(11)16/h2-7H,8H2,1H3. The van der Waals surface area contributed by atoms with Crippen molar-refractivity contribution in [2.24, 2.45) is 0 Å². The van der Waals surface area contributed by atoms with E-state index in [0.717, 1.165) is 12.1 Å². The van der Waals surface area contributed by atoms with Gasteiger partial charge in [0.1, 0.15) is 11.6 Å². The second-order valence-electron chi connectivity index (χ2n) is 4.17. The fourth-order valence-electron chi connectivity index (χ4n) is 1.74. The van der Waals surface area contributed by atoms with Crippen molar-refractivity contribution in [1.82, 2.24) is 4.57 Å². The van der Waals surface area contributed by atoms with Gasteiger partial charge in [0.25, 0.3) is 5.56 Å². The van der Waals surface area contributed by atoms with E-state index < -0.39 is 17.4 Å². The highest BCUT2D eigenvalue weighted by atomic mass is 19.1. The number of hydrogen-bond donors (Lipinski definition) is 0. The lowest BCUT2D eigenvalue weighted by Crippen LogP contribution is -2.25. The van der Waals surface area contributed by atoms with Crippen LogP contribution in [0.5, 0.6) is 0 Å². The van der Waals surface area contributed by atoms with Crippen LogP contribution in [-0.4, -0.2) is 10.4 Å². The van der Waals surface area contributed by atoms with Gasteiger partial charge in [-0.05, 0) is 25.1 Å². The zero-order chi connectivity index (χ0) is 14.0. The van der Waals surface area contributed by atoms with E-state index in [1.165, 1.54) is 10.8 Å². The maximum atomic E-state index is 13.4. The molecule has 0 amide bonds. The summed E-state index contributed by atoms with van der Waals surface area (Å²) in [5, 5.41) is 0. The van der Waals surface area contributed by atoms with Gasteiger partial charge in [-0.1, -0.05) is 6.07 Å². The summed E-state index contributed by atoms with van der Waals surface area (Å²) in [6, 6.07) is 5.99. The second-order valence-corrected chi connectivity index (χ2v) is 4.17. The summed E-state index contributed by atoms with van der Waals surface area (Å²) in [6.45, 7) is 1.35. The van der Waals surface area contributed by atoms with E-state index in [1.807, 2.05) is 0 Å². The predicted octanol–water partition coefficient (Wildman–Crippen LogP) is 2.32. The molecule has 0 saturated carbocycles. The fraction of sp³-hybridized carbons (Fsp3) is 0.143. The van der Waals surface area contributed by atoms with Gasteiger partial charge in [0, 0.05) is 17.8 Å². The number of halogens is 2. The molecule has 0 fully saturated rings. The number of pyridine rings is 1. The Balaban J connectivity index is 2.31. The van der Waals surface area contributed by atoms with Crippen LogP contribution in [0.15, 0.2) is 41.3 Å². The van der Waals surface area contributed by atoms with Gasteiger partial charge < -0.3 is 4.57 Å². The Morgan fingerprint density at radius 1 is 1.26 bits per heavy atom. The van der Waals surface area contributed by atoms with Gasteiger partial charge in [-0.25, -0.2) is 8.78 Å². The molecular weight excluding hydrogens is 252 g/mol. The third-order valence-corrected chi connectivity index (χ3v) is 2.76. The highest BCUT2D eigenvalue weighted by Crippen LogP contribution is 2.10. The predicted molar refractivity (Wildman–Crippen MR) is 66.1 cm³/mol. The number of Topliss-reactive ketones (excluding diaryl/α,β-unsaturated/α-hetero) is 1. The lowest BCUT2D eigenvalue weighted by Gasteiger charge is -2.06. The van der Waals surface area contributed by atoms with Crippen LogP contribution >= 0.6 is 0 Å². The molecule has 0 aliphatic heterocycles. The van der Waals surface area contributed by atoms with E-state index in [9.17, 15) is 18.4 Å². The smallest absolute Gasteiger partial charge is 0.253 e.